The van der Waals surface area contributed by atoms with E-state index in [1.807, 2.05) is 0 Å². The molecule has 104 valence electrons. The fourth-order valence-electron chi connectivity index (χ4n) is 4.77. The van der Waals surface area contributed by atoms with Crippen molar-refractivity contribution in [3.8, 4) is 0 Å². The Morgan fingerprint density at radius 1 is 1.00 bits per heavy atom. The first-order valence-electron chi connectivity index (χ1n) is 8.14. The van der Waals surface area contributed by atoms with Gasteiger partial charge in [0.25, 0.3) is 0 Å². The van der Waals surface area contributed by atoms with Gasteiger partial charge in [0.15, 0.2) is 0 Å². The fourth-order valence-corrected chi connectivity index (χ4v) is 4.77. The third-order valence-corrected chi connectivity index (χ3v) is 6.08. The van der Waals surface area contributed by atoms with Gasteiger partial charge in [0.1, 0.15) is 0 Å². The highest BCUT2D eigenvalue weighted by atomic mass is 15.2. The minimum Gasteiger partial charge on any atom is -0.326 e. The Kier molecular flexibility index (Phi) is 3.68. The summed E-state index contributed by atoms with van der Waals surface area (Å²) in [6.45, 7) is 7.48. The Morgan fingerprint density at radius 2 is 1.67 bits per heavy atom. The molecule has 3 aliphatic rings. The number of fused-ring (bicyclic) bond motifs is 1. The minimum atomic E-state index is 0.443. The van der Waals surface area contributed by atoms with E-state index in [4.69, 9.17) is 5.73 Å². The van der Waals surface area contributed by atoms with E-state index in [1.54, 1.807) is 0 Å². The summed E-state index contributed by atoms with van der Waals surface area (Å²) in [5.41, 5.74) is 6.43. The van der Waals surface area contributed by atoms with Crippen molar-refractivity contribution in [2.75, 3.05) is 13.1 Å². The smallest absolute Gasteiger partial charge is 0.0250 e. The normalized spacial score (nSPS) is 45.7. The third kappa shape index (κ3) is 2.34. The summed E-state index contributed by atoms with van der Waals surface area (Å²) in [5, 5.41) is 0. The van der Waals surface area contributed by atoms with Gasteiger partial charge >= 0.3 is 0 Å². The van der Waals surface area contributed by atoms with Crippen LogP contribution in [0.4, 0.5) is 0 Å². The lowest BCUT2D eigenvalue weighted by molar-refractivity contribution is 0.110. The quantitative estimate of drug-likeness (QED) is 0.816. The first kappa shape index (κ1) is 12.9. The van der Waals surface area contributed by atoms with Crippen molar-refractivity contribution in [1.82, 2.24) is 4.90 Å². The van der Waals surface area contributed by atoms with Crippen LogP contribution < -0.4 is 5.73 Å². The van der Waals surface area contributed by atoms with Crippen LogP contribution >= 0.6 is 0 Å². The molecule has 2 heteroatoms. The largest absolute Gasteiger partial charge is 0.326 e. The first-order valence-corrected chi connectivity index (χ1v) is 8.14. The predicted molar refractivity (Wildman–Crippen MR) is 76.3 cm³/mol. The lowest BCUT2D eigenvalue weighted by Crippen LogP contribution is -2.51. The number of hydrogen-bond donors (Lipinski definition) is 1. The molecule has 2 N–H and O–H groups in total. The maximum absolute atomic E-state index is 6.43. The van der Waals surface area contributed by atoms with Crippen molar-refractivity contribution in [1.29, 1.82) is 0 Å². The van der Waals surface area contributed by atoms with Crippen molar-refractivity contribution in [2.24, 2.45) is 29.4 Å². The van der Waals surface area contributed by atoms with Crippen molar-refractivity contribution < 1.29 is 0 Å². The summed E-state index contributed by atoms with van der Waals surface area (Å²) in [4.78, 5) is 2.77. The molecular weight excluding hydrogens is 220 g/mol. The average molecular weight is 250 g/mol. The van der Waals surface area contributed by atoms with Crippen LogP contribution in [0, 0.1) is 23.7 Å². The molecule has 3 fully saturated rings. The predicted octanol–water partition coefficient (Wildman–Crippen LogP) is 2.87. The van der Waals surface area contributed by atoms with Crippen LogP contribution in [0.25, 0.3) is 0 Å². The van der Waals surface area contributed by atoms with Gasteiger partial charge in [-0.25, -0.2) is 0 Å². The molecular formula is C16H30N2. The highest BCUT2D eigenvalue weighted by Crippen LogP contribution is 2.41. The Balaban J connectivity index is 1.63. The maximum Gasteiger partial charge on any atom is 0.0250 e. The van der Waals surface area contributed by atoms with E-state index < -0.39 is 0 Å². The van der Waals surface area contributed by atoms with Gasteiger partial charge in [0.2, 0.25) is 0 Å². The van der Waals surface area contributed by atoms with Crippen LogP contribution in [-0.2, 0) is 0 Å². The molecule has 3 rings (SSSR count). The summed E-state index contributed by atoms with van der Waals surface area (Å²) >= 11 is 0. The molecule has 1 saturated heterocycles. The Hall–Kier alpha value is -0.0800. The first-order chi connectivity index (χ1) is 8.65. The van der Waals surface area contributed by atoms with Crippen LogP contribution in [0.3, 0.4) is 0 Å². The Morgan fingerprint density at radius 3 is 2.28 bits per heavy atom. The fraction of sp³-hybridized carbons (Fsp3) is 1.00. The van der Waals surface area contributed by atoms with Gasteiger partial charge in [-0.15, -0.1) is 0 Å². The zero-order chi connectivity index (χ0) is 12.7. The Labute approximate surface area is 112 Å². The number of nitrogens with zero attached hydrogens (tertiary/aromatic N) is 1. The molecule has 0 amide bonds. The van der Waals surface area contributed by atoms with Crippen molar-refractivity contribution >= 4 is 0 Å². The molecule has 5 atom stereocenters. The standard InChI is InChI=1S/C16H30N2/c1-11(2)12-6-7-15(17)16(8-12)18-9-13-4-3-5-14(13)10-18/h11-16H,3-10,17H2,1-2H3. The average Bonchev–Trinajstić information content (AvgIpc) is 2.89. The van der Waals surface area contributed by atoms with E-state index in [9.17, 15) is 0 Å². The molecule has 0 radical (unpaired) electrons. The highest BCUT2D eigenvalue weighted by molar-refractivity contribution is 4.96. The van der Waals surface area contributed by atoms with E-state index in [1.165, 1.54) is 51.6 Å². The van der Waals surface area contributed by atoms with Crippen LogP contribution in [-0.4, -0.2) is 30.1 Å². The topological polar surface area (TPSA) is 29.3 Å². The monoisotopic (exact) mass is 250 g/mol. The zero-order valence-electron chi connectivity index (χ0n) is 12.1. The van der Waals surface area contributed by atoms with Crippen LogP contribution in [0.5, 0.6) is 0 Å². The lowest BCUT2D eigenvalue weighted by Gasteiger charge is -2.41. The van der Waals surface area contributed by atoms with Gasteiger partial charge in [-0.2, -0.15) is 0 Å². The second kappa shape index (κ2) is 5.13. The molecule has 0 aromatic rings. The Bertz CT molecular complexity index is 277. The minimum absolute atomic E-state index is 0.443. The third-order valence-electron chi connectivity index (χ3n) is 6.08. The summed E-state index contributed by atoms with van der Waals surface area (Å²) in [6, 6.07) is 1.13. The molecule has 2 aliphatic carbocycles. The van der Waals surface area contributed by atoms with Crippen LogP contribution in [0.15, 0.2) is 0 Å². The van der Waals surface area contributed by atoms with E-state index in [0.717, 1.165) is 23.7 Å². The van der Waals surface area contributed by atoms with Crippen LogP contribution in [0.1, 0.15) is 52.4 Å². The van der Waals surface area contributed by atoms with Crippen molar-refractivity contribution in [3.05, 3.63) is 0 Å². The maximum atomic E-state index is 6.43. The second-order valence-electron chi connectivity index (χ2n) is 7.45. The van der Waals surface area contributed by atoms with Crippen LogP contribution in [0.2, 0.25) is 0 Å². The SMILES string of the molecule is CC(C)C1CCC(N)C(N2CC3CCCC3C2)C1. The molecule has 2 saturated carbocycles. The highest BCUT2D eigenvalue weighted by Gasteiger charge is 2.42. The van der Waals surface area contributed by atoms with Gasteiger partial charge in [-0.1, -0.05) is 20.3 Å². The molecule has 18 heavy (non-hydrogen) atoms. The van der Waals surface area contributed by atoms with Gasteiger partial charge < -0.3 is 5.73 Å². The second-order valence-corrected chi connectivity index (χ2v) is 7.45. The molecule has 0 aromatic heterocycles. The summed E-state index contributed by atoms with van der Waals surface area (Å²) in [6.07, 6.45) is 8.41. The molecule has 1 aliphatic heterocycles. The summed E-state index contributed by atoms with van der Waals surface area (Å²) in [7, 11) is 0. The van der Waals surface area contributed by atoms with Gasteiger partial charge in [0, 0.05) is 25.2 Å². The number of hydrogen-bond acceptors (Lipinski definition) is 2. The summed E-state index contributed by atoms with van der Waals surface area (Å²) in [5.74, 6) is 3.77. The number of likely N-dealkylation sites (tertiary alicyclic amines) is 1. The van der Waals surface area contributed by atoms with Gasteiger partial charge in [0.05, 0.1) is 0 Å². The van der Waals surface area contributed by atoms with Crippen molar-refractivity contribution in [2.45, 2.75) is 64.5 Å². The summed E-state index contributed by atoms with van der Waals surface area (Å²) < 4.78 is 0. The lowest BCUT2D eigenvalue weighted by atomic mass is 9.76. The van der Waals surface area contributed by atoms with E-state index >= 15 is 0 Å². The van der Waals surface area contributed by atoms with E-state index in [0.29, 0.717) is 12.1 Å². The molecule has 0 bridgehead atoms. The number of nitrogens with two attached hydrogens (primary N) is 1. The molecule has 2 nitrogen and oxygen atoms in total. The van der Waals surface area contributed by atoms with E-state index in [2.05, 4.69) is 18.7 Å². The molecule has 1 heterocycles. The van der Waals surface area contributed by atoms with Gasteiger partial charge in [-0.05, 0) is 55.8 Å². The van der Waals surface area contributed by atoms with Crippen molar-refractivity contribution in [3.63, 3.8) is 0 Å². The molecule has 5 unspecified atom stereocenters. The number of rotatable bonds is 2. The molecule has 0 aromatic carbocycles. The van der Waals surface area contributed by atoms with Gasteiger partial charge in [-0.3, -0.25) is 4.90 Å². The zero-order valence-corrected chi connectivity index (χ0v) is 12.1. The molecule has 0 spiro atoms. The van der Waals surface area contributed by atoms with E-state index in [-0.39, 0.29) is 0 Å².